The van der Waals surface area contributed by atoms with E-state index in [1.165, 1.54) is 26.4 Å². The number of carbonyl (C=O) groups is 2. The molecule has 0 unspecified atom stereocenters. The fraction of sp³-hybridized carbons (Fsp3) is 0.419. The van der Waals surface area contributed by atoms with Gasteiger partial charge in [0.25, 0.3) is 0 Å². The van der Waals surface area contributed by atoms with Gasteiger partial charge in [-0.25, -0.2) is 8.42 Å². The zero-order valence-electron chi connectivity index (χ0n) is 23.6. The molecule has 0 aliphatic heterocycles. The highest BCUT2D eigenvalue weighted by atomic mass is 32.2. The van der Waals surface area contributed by atoms with Crippen LogP contribution >= 0.6 is 0 Å². The number of unbranched alkanes of at least 4 members (excludes halogenated alkanes) is 1. The van der Waals surface area contributed by atoms with E-state index in [9.17, 15) is 19.4 Å². The van der Waals surface area contributed by atoms with Gasteiger partial charge in [0.05, 0.1) is 25.7 Å². The van der Waals surface area contributed by atoms with Crippen molar-refractivity contribution in [2.45, 2.75) is 67.9 Å². The molecule has 0 saturated carbocycles. The molecule has 2 aliphatic carbocycles. The molecule has 202 valence electrons. The zero-order valence-corrected chi connectivity index (χ0v) is 23.4. The number of esters is 2. The lowest BCUT2D eigenvalue weighted by Gasteiger charge is -2.38. The van der Waals surface area contributed by atoms with E-state index >= 15 is 0 Å². The first kappa shape index (κ1) is 26.4. The van der Waals surface area contributed by atoms with Crippen LogP contribution in [0.15, 0.2) is 82.8 Å². The second-order valence-electron chi connectivity index (χ2n) is 10.6. The number of hydrogen-bond acceptors (Lipinski definition) is 6. The number of sulfone groups is 1. The van der Waals surface area contributed by atoms with Crippen molar-refractivity contribution in [2.24, 2.45) is 5.41 Å². The Bertz CT molecular complexity index is 1420. The molecule has 2 aromatic carbocycles. The Hall–Kier alpha value is -3.19. The van der Waals surface area contributed by atoms with E-state index < -0.39 is 44.3 Å². The van der Waals surface area contributed by atoms with E-state index in [1.54, 1.807) is 24.3 Å². The lowest BCUT2D eigenvalue weighted by molar-refractivity contribution is -0.165. The Morgan fingerprint density at radius 1 is 0.974 bits per heavy atom. The Balaban J connectivity index is 2.16. The third kappa shape index (κ3) is 4.62. The predicted octanol–water partition coefficient (Wildman–Crippen LogP) is 5.68. The fourth-order valence-corrected chi connectivity index (χ4v) is 7.71. The Kier molecular flexibility index (Phi) is 7.32. The maximum Gasteiger partial charge on any atom is 0.327 e. The molecular weight excluding hydrogens is 500 g/mol. The van der Waals surface area contributed by atoms with Crippen molar-refractivity contribution in [3.05, 3.63) is 89.0 Å². The minimum atomic E-state index is -4.15. The summed E-state index contributed by atoms with van der Waals surface area (Å²) in [5.41, 5.74) is -0.0573. The first-order chi connectivity index (χ1) is 18.5. The minimum absolute atomic E-state index is 0.0601. The number of benzene rings is 2. The van der Waals surface area contributed by atoms with Crippen LogP contribution in [0.3, 0.4) is 0 Å². The van der Waals surface area contributed by atoms with Crippen LogP contribution in [-0.2, 0) is 34.3 Å². The van der Waals surface area contributed by atoms with Gasteiger partial charge < -0.3 is 9.47 Å². The summed E-state index contributed by atoms with van der Waals surface area (Å²) in [6.45, 7) is 5.93. The van der Waals surface area contributed by atoms with Gasteiger partial charge in [-0.05, 0) is 47.2 Å². The quantitative estimate of drug-likeness (QED) is 0.334. The van der Waals surface area contributed by atoms with Crippen molar-refractivity contribution in [1.82, 2.24) is 0 Å². The van der Waals surface area contributed by atoms with Crippen LogP contribution in [-0.4, -0.2) is 39.8 Å². The highest BCUT2D eigenvalue weighted by molar-refractivity contribution is 7.92. The molecule has 6 nitrogen and oxygen atoms in total. The van der Waals surface area contributed by atoms with E-state index in [2.05, 4.69) is 6.92 Å². The van der Waals surface area contributed by atoms with Gasteiger partial charge >= 0.3 is 11.9 Å². The number of hydrogen-bond donors (Lipinski definition) is 0. The molecule has 2 aliphatic rings. The lowest BCUT2D eigenvalue weighted by atomic mass is 9.69. The molecule has 0 fully saturated rings. The van der Waals surface area contributed by atoms with E-state index in [4.69, 9.17) is 9.47 Å². The number of fused-ring (bicyclic) bond motifs is 2. The van der Waals surface area contributed by atoms with Crippen LogP contribution in [0.5, 0.6) is 0 Å². The molecule has 2 atom stereocenters. The van der Waals surface area contributed by atoms with Crippen LogP contribution in [0, 0.1) is 5.41 Å². The molecule has 0 aromatic heterocycles. The van der Waals surface area contributed by atoms with Crippen LogP contribution in [0.2, 0.25) is 0 Å². The highest BCUT2D eigenvalue weighted by Crippen LogP contribution is 2.53. The second-order valence-corrected chi connectivity index (χ2v) is 12.7. The third-order valence-electron chi connectivity index (χ3n) is 7.77. The topological polar surface area (TPSA) is 86.7 Å². The van der Waals surface area contributed by atoms with Gasteiger partial charge in [-0.2, -0.15) is 0 Å². The molecule has 0 heterocycles. The summed E-state index contributed by atoms with van der Waals surface area (Å²) in [5.74, 6) is -2.10. The van der Waals surface area contributed by atoms with E-state index in [1.807, 2.05) is 38.1 Å². The van der Waals surface area contributed by atoms with Gasteiger partial charge in [0.1, 0.15) is 0 Å². The van der Waals surface area contributed by atoms with E-state index in [0.29, 0.717) is 17.6 Å². The summed E-state index contributed by atoms with van der Waals surface area (Å²) in [7, 11) is -1.80. The minimum Gasteiger partial charge on any atom is -0.468 e. The molecule has 0 N–H and O–H groups in total. The van der Waals surface area contributed by atoms with Crippen LogP contribution in [0.1, 0.15) is 64.9 Å². The summed E-state index contributed by atoms with van der Waals surface area (Å²) in [4.78, 5) is 26.9. The van der Waals surface area contributed by atoms with Gasteiger partial charge in [0, 0.05) is 11.3 Å². The number of allylic oxidation sites excluding steroid dienone is 2. The summed E-state index contributed by atoms with van der Waals surface area (Å²) in [6.07, 6.45) is 3.51. The Labute approximate surface area is 227 Å². The van der Waals surface area contributed by atoms with Crippen molar-refractivity contribution in [3.8, 4) is 0 Å². The smallest absolute Gasteiger partial charge is 0.327 e. The van der Waals surface area contributed by atoms with E-state index in [0.717, 1.165) is 24.0 Å². The number of ether oxygens (including phenoxy) is 2. The van der Waals surface area contributed by atoms with Crippen molar-refractivity contribution in [2.75, 3.05) is 14.2 Å². The number of carbonyl (C=O) groups excluding carboxylic acids is 2. The SMILES string of the molecule is [2H]C1=C2C(=CC(C(=O)OC)(C(=O)OC)C[C@H]2S(=O)(=O)c2ccccc2)[C@@H](CCCC)c2ccccc2C1(C)C. The molecule has 7 heteroatoms. The summed E-state index contributed by atoms with van der Waals surface area (Å²) < 4.78 is 48.4. The summed E-state index contributed by atoms with van der Waals surface area (Å²) >= 11 is 0. The largest absolute Gasteiger partial charge is 0.468 e. The highest BCUT2D eigenvalue weighted by Gasteiger charge is 2.56. The van der Waals surface area contributed by atoms with Crippen LogP contribution in [0.4, 0.5) is 0 Å². The average Bonchev–Trinajstić information content (AvgIpc) is 3.02. The normalized spacial score (nSPS) is 22.2. The molecule has 38 heavy (non-hydrogen) atoms. The van der Waals surface area contributed by atoms with E-state index in [-0.39, 0.29) is 16.9 Å². The standard InChI is InChI=1S/C31H36O6S/c1-6-7-15-22-23-16-11-12-17-26(23)30(2,3)18-25-24(22)19-31(28(32)36-4,29(33)37-5)20-27(25)38(34,35)21-13-9-8-10-14-21/h8-14,16-19,22,27H,6-7,15,20H2,1-5H3/t22-,27+/m0/s1/i18D. The van der Waals surface area contributed by atoms with Crippen LogP contribution in [0.25, 0.3) is 0 Å². The third-order valence-corrected chi connectivity index (χ3v) is 9.85. The van der Waals surface area contributed by atoms with Crippen molar-refractivity contribution in [3.63, 3.8) is 0 Å². The monoisotopic (exact) mass is 537 g/mol. The van der Waals surface area contributed by atoms with Gasteiger partial charge in [-0.1, -0.05) is 88.2 Å². The molecule has 4 rings (SSSR count). The number of rotatable bonds is 7. The Morgan fingerprint density at radius 3 is 2.18 bits per heavy atom. The molecule has 0 saturated heterocycles. The second kappa shape index (κ2) is 10.5. The maximum absolute atomic E-state index is 14.4. The van der Waals surface area contributed by atoms with Crippen molar-refractivity contribution < 1.29 is 28.9 Å². The molecular formula is C31H36O6S. The van der Waals surface area contributed by atoms with Crippen LogP contribution < -0.4 is 0 Å². The molecule has 2 aromatic rings. The fourth-order valence-electron chi connectivity index (χ4n) is 5.86. The molecule has 0 amide bonds. The lowest BCUT2D eigenvalue weighted by Crippen LogP contribution is -2.47. The van der Waals surface area contributed by atoms with Gasteiger partial charge in [-0.15, -0.1) is 0 Å². The first-order valence-electron chi connectivity index (χ1n) is 13.5. The van der Waals surface area contributed by atoms with Gasteiger partial charge in [0.2, 0.25) is 0 Å². The van der Waals surface area contributed by atoms with Crippen molar-refractivity contribution >= 4 is 21.8 Å². The maximum atomic E-state index is 14.4. The zero-order chi connectivity index (χ0) is 28.6. The number of methoxy groups -OCH3 is 2. The predicted molar refractivity (Wildman–Crippen MR) is 146 cm³/mol. The Morgan fingerprint density at radius 2 is 1.58 bits per heavy atom. The summed E-state index contributed by atoms with van der Waals surface area (Å²) in [6, 6.07) is 16.0. The summed E-state index contributed by atoms with van der Waals surface area (Å²) in [5, 5.41) is -1.34. The van der Waals surface area contributed by atoms with Gasteiger partial charge in [-0.3, -0.25) is 9.59 Å². The average molecular weight is 538 g/mol. The van der Waals surface area contributed by atoms with Gasteiger partial charge in [0.15, 0.2) is 15.3 Å². The van der Waals surface area contributed by atoms with Crippen molar-refractivity contribution in [1.29, 1.82) is 0 Å². The molecule has 0 radical (unpaired) electrons. The first-order valence-corrected chi connectivity index (χ1v) is 14.5. The molecule has 0 bridgehead atoms. The molecule has 0 spiro atoms.